The van der Waals surface area contributed by atoms with Crippen molar-refractivity contribution in [2.75, 3.05) is 5.32 Å². The van der Waals surface area contributed by atoms with E-state index in [0.717, 1.165) is 23.4 Å². The average Bonchev–Trinajstić information content (AvgIpc) is 2.96. The quantitative estimate of drug-likeness (QED) is 0.353. The molecule has 0 atom stereocenters. The van der Waals surface area contributed by atoms with Crippen LogP contribution in [0.4, 0.5) is 5.69 Å². The smallest absolute Gasteiger partial charge is 0.191 e. The topological polar surface area (TPSA) is 41.4 Å². The van der Waals surface area contributed by atoms with E-state index in [2.05, 4.69) is 72.4 Å². The normalized spacial score (nSPS) is 11.0. The van der Waals surface area contributed by atoms with E-state index in [1.807, 2.05) is 36.5 Å². The molecule has 0 aliphatic rings. The summed E-state index contributed by atoms with van der Waals surface area (Å²) in [5.74, 6) is 0. The van der Waals surface area contributed by atoms with Gasteiger partial charge in [-0.1, -0.05) is 43.3 Å². The lowest BCUT2D eigenvalue weighted by Gasteiger charge is -2.17. The molecule has 3 aromatic rings. The molecule has 2 N–H and O–H groups in total. The Balaban J connectivity index is 1.79. The highest BCUT2D eigenvalue weighted by molar-refractivity contribution is 7.80. The maximum absolute atomic E-state index is 5.30. The summed E-state index contributed by atoms with van der Waals surface area (Å²) in [6.07, 6.45) is 2.82. The Morgan fingerprint density at radius 3 is 2.54 bits per heavy atom. The maximum atomic E-state index is 5.30. The second-order valence-corrected chi connectivity index (χ2v) is 7.20. The monoisotopic (exact) mass is 390 g/mol. The summed E-state index contributed by atoms with van der Waals surface area (Å²) in [5, 5.41) is 7.89. The third kappa shape index (κ3) is 4.31. The molecule has 4 nitrogen and oxygen atoms in total. The van der Waals surface area contributed by atoms with Gasteiger partial charge in [-0.15, -0.1) is 0 Å². The van der Waals surface area contributed by atoms with E-state index in [1.54, 1.807) is 0 Å². The number of rotatable bonds is 5. The van der Waals surface area contributed by atoms with Gasteiger partial charge in [0.05, 0.1) is 11.9 Å². The maximum Gasteiger partial charge on any atom is 0.191 e. The van der Waals surface area contributed by atoms with Gasteiger partial charge in [-0.2, -0.15) is 5.10 Å². The van der Waals surface area contributed by atoms with Crippen LogP contribution in [-0.4, -0.2) is 15.9 Å². The molecule has 1 aromatic heterocycles. The Hall–Kier alpha value is -2.92. The number of hydrazone groups is 1. The second kappa shape index (κ2) is 8.85. The summed E-state index contributed by atoms with van der Waals surface area (Å²) >= 11 is 5.30. The second-order valence-electron chi connectivity index (χ2n) is 6.79. The Labute approximate surface area is 172 Å². The Bertz CT molecular complexity index is 1000. The molecular weight excluding hydrogens is 364 g/mol. The van der Waals surface area contributed by atoms with Gasteiger partial charge in [0.15, 0.2) is 5.11 Å². The van der Waals surface area contributed by atoms with E-state index in [9.17, 15) is 0 Å². The first-order valence-corrected chi connectivity index (χ1v) is 9.85. The molecule has 0 aliphatic heterocycles. The van der Waals surface area contributed by atoms with Crippen LogP contribution >= 0.6 is 12.2 Å². The van der Waals surface area contributed by atoms with Crippen molar-refractivity contribution in [3.8, 4) is 5.69 Å². The zero-order valence-electron chi connectivity index (χ0n) is 16.8. The van der Waals surface area contributed by atoms with Gasteiger partial charge in [0.25, 0.3) is 0 Å². The van der Waals surface area contributed by atoms with Gasteiger partial charge >= 0.3 is 0 Å². The van der Waals surface area contributed by atoms with E-state index in [1.165, 1.54) is 22.5 Å². The third-order valence-electron chi connectivity index (χ3n) is 4.80. The fourth-order valence-electron chi connectivity index (χ4n) is 3.43. The van der Waals surface area contributed by atoms with Crippen molar-refractivity contribution < 1.29 is 0 Å². The first-order valence-electron chi connectivity index (χ1n) is 9.44. The Kier molecular flexibility index (Phi) is 6.26. The van der Waals surface area contributed by atoms with Gasteiger partial charge in [-0.05, 0) is 68.7 Å². The van der Waals surface area contributed by atoms with E-state index < -0.39 is 0 Å². The molecule has 5 heteroatoms. The van der Waals surface area contributed by atoms with Crippen LogP contribution in [0.2, 0.25) is 0 Å². The molecule has 0 fully saturated rings. The lowest BCUT2D eigenvalue weighted by molar-refractivity contribution is 0.925. The summed E-state index contributed by atoms with van der Waals surface area (Å²) in [6.45, 7) is 8.61. The summed E-state index contributed by atoms with van der Waals surface area (Å²) in [5.41, 5.74) is 11.1. The fourth-order valence-corrected chi connectivity index (χ4v) is 3.60. The first-order chi connectivity index (χ1) is 13.5. The molecule has 3 rings (SSSR count). The van der Waals surface area contributed by atoms with Crippen molar-refractivity contribution in [3.63, 3.8) is 0 Å². The first kappa shape index (κ1) is 19.8. The molecule has 0 aliphatic carbocycles. The highest BCUT2D eigenvalue weighted by Gasteiger charge is 2.14. The molecule has 2 aromatic carbocycles. The van der Waals surface area contributed by atoms with Gasteiger partial charge < -0.3 is 9.88 Å². The zero-order valence-corrected chi connectivity index (χ0v) is 17.6. The molecule has 144 valence electrons. The molecular formula is C23H26N4S. The van der Waals surface area contributed by atoms with E-state index in [-0.39, 0.29) is 0 Å². The predicted molar refractivity (Wildman–Crippen MR) is 123 cm³/mol. The van der Waals surface area contributed by atoms with Crippen LogP contribution in [-0.2, 0) is 6.42 Å². The lowest BCUT2D eigenvalue weighted by Crippen LogP contribution is -2.23. The summed E-state index contributed by atoms with van der Waals surface area (Å²) in [7, 11) is 0. The molecule has 0 saturated carbocycles. The fraction of sp³-hybridized carbons (Fsp3) is 0.217. The number of para-hydroxylation sites is 2. The van der Waals surface area contributed by atoms with Crippen LogP contribution < -0.4 is 10.7 Å². The zero-order chi connectivity index (χ0) is 20.1. The number of nitrogens with one attached hydrogen (secondary N) is 2. The van der Waals surface area contributed by atoms with Crippen molar-refractivity contribution in [3.05, 3.63) is 82.7 Å². The standard InChI is InChI=1S/C23H26N4S/c1-5-19-11-9-10-16(2)22(19)27-17(3)14-20(18(27)4)15-24-26-23(28)25-21-12-7-6-8-13-21/h6-15H,5H2,1-4H3,(H2,25,26,28)/b24-15+. The van der Waals surface area contributed by atoms with Crippen LogP contribution in [0.25, 0.3) is 5.69 Å². The number of thiocarbonyl (C=S) groups is 1. The Morgan fingerprint density at radius 1 is 1.07 bits per heavy atom. The van der Waals surface area contributed by atoms with Crippen molar-refractivity contribution in [2.24, 2.45) is 5.10 Å². The van der Waals surface area contributed by atoms with Crippen LogP contribution in [0.1, 0.15) is 35.0 Å². The van der Waals surface area contributed by atoms with E-state index >= 15 is 0 Å². The van der Waals surface area contributed by atoms with Crippen molar-refractivity contribution in [1.29, 1.82) is 0 Å². The minimum atomic E-state index is 0.462. The van der Waals surface area contributed by atoms with Gasteiger partial charge in [0.1, 0.15) is 0 Å². The van der Waals surface area contributed by atoms with E-state index in [0.29, 0.717) is 5.11 Å². The number of aromatic nitrogens is 1. The van der Waals surface area contributed by atoms with Crippen molar-refractivity contribution >= 4 is 29.2 Å². The van der Waals surface area contributed by atoms with Crippen LogP contribution in [0.15, 0.2) is 59.7 Å². The van der Waals surface area contributed by atoms with Crippen molar-refractivity contribution in [1.82, 2.24) is 9.99 Å². The summed E-state index contributed by atoms with van der Waals surface area (Å²) < 4.78 is 2.32. The number of aryl methyl sites for hydroxylation is 3. The number of anilines is 1. The molecule has 28 heavy (non-hydrogen) atoms. The van der Waals surface area contributed by atoms with Gasteiger partial charge in [-0.25, -0.2) is 0 Å². The van der Waals surface area contributed by atoms with Crippen LogP contribution in [0, 0.1) is 20.8 Å². The minimum absolute atomic E-state index is 0.462. The molecule has 0 bridgehead atoms. The lowest BCUT2D eigenvalue weighted by atomic mass is 10.1. The van der Waals surface area contributed by atoms with Gasteiger partial charge in [0.2, 0.25) is 0 Å². The highest BCUT2D eigenvalue weighted by atomic mass is 32.1. The summed E-state index contributed by atoms with van der Waals surface area (Å²) in [6, 6.07) is 18.4. The number of hydrogen-bond acceptors (Lipinski definition) is 2. The number of benzene rings is 2. The number of hydrogen-bond donors (Lipinski definition) is 2. The average molecular weight is 391 g/mol. The Morgan fingerprint density at radius 2 is 1.82 bits per heavy atom. The van der Waals surface area contributed by atoms with Crippen LogP contribution in [0.5, 0.6) is 0 Å². The molecule has 1 heterocycles. The minimum Gasteiger partial charge on any atom is -0.331 e. The van der Waals surface area contributed by atoms with Gasteiger partial charge in [0, 0.05) is 22.6 Å². The molecule has 0 amide bonds. The third-order valence-corrected chi connectivity index (χ3v) is 4.99. The van der Waals surface area contributed by atoms with Crippen LogP contribution in [0.3, 0.4) is 0 Å². The molecule has 0 saturated heterocycles. The highest BCUT2D eigenvalue weighted by Crippen LogP contribution is 2.26. The largest absolute Gasteiger partial charge is 0.331 e. The van der Waals surface area contributed by atoms with Crippen molar-refractivity contribution in [2.45, 2.75) is 34.1 Å². The predicted octanol–water partition coefficient (Wildman–Crippen LogP) is 5.29. The van der Waals surface area contributed by atoms with Gasteiger partial charge in [-0.3, -0.25) is 5.43 Å². The number of nitrogens with zero attached hydrogens (tertiary/aromatic N) is 2. The van der Waals surface area contributed by atoms with E-state index in [4.69, 9.17) is 12.2 Å². The molecule has 0 radical (unpaired) electrons. The molecule has 0 unspecified atom stereocenters. The SMILES string of the molecule is CCc1cccc(C)c1-n1c(C)cc(/C=N/NC(=S)Nc2ccccc2)c1C. The summed E-state index contributed by atoms with van der Waals surface area (Å²) in [4.78, 5) is 0. The molecule has 0 spiro atoms.